The van der Waals surface area contributed by atoms with Crippen LogP contribution in [0.1, 0.15) is 10.9 Å². The molecule has 2 unspecified atom stereocenters. The smallest absolute Gasteiger partial charge is 0.130 e. The molecule has 0 bridgehead atoms. The van der Waals surface area contributed by atoms with Crippen LogP contribution in [-0.4, -0.2) is 7.05 Å². The summed E-state index contributed by atoms with van der Waals surface area (Å²) in [5, 5.41) is 15.1. The molecule has 0 aromatic heterocycles. The normalized spacial score (nSPS) is 19.1. The van der Waals surface area contributed by atoms with Crippen LogP contribution in [0.2, 0.25) is 0 Å². The Morgan fingerprint density at radius 3 is 2.50 bits per heavy atom. The molecule has 1 aliphatic heterocycles. The predicted molar refractivity (Wildman–Crippen MR) is 75.0 cm³/mol. The number of hydroxylamine groups is 1. The Bertz CT molecular complexity index is 529. The summed E-state index contributed by atoms with van der Waals surface area (Å²) < 4.78 is 0. The van der Waals surface area contributed by atoms with E-state index in [0.29, 0.717) is 0 Å². The number of rotatable bonds is 2. The third-order valence-corrected chi connectivity index (χ3v) is 4.27. The largest absolute Gasteiger partial charge is 0.629 e. The summed E-state index contributed by atoms with van der Waals surface area (Å²) in [6, 6.07) is 16.1. The fourth-order valence-corrected chi connectivity index (χ4v) is 3.17. The highest BCUT2D eigenvalue weighted by atomic mass is 32.2. The quantitative estimate of drug-likeness (QED) is 0.813. The van der Waals surface area contributed by atoms with E-state index in [-0.39, 0.29) is 10.4 Å². The maximum Gasteiger partial charge on any atom is 0.130 e. The van der Waals surface area contributed by atoms with Gasteiger partial charge in [0.25, 0.3) is 0 Å². The van der Waals surface area contributed by atoms with Crippen molar-refractivity contribution in [2.45, 2.75) is 10.3 Å². The second-order valence-corrected chi connectivity index (χ2v) is 5.46. The van der Waals surface area contributed by atoms with Crippen molar-refractivity contribution >= 4 is 23.1 Å². The summed E-state index contributed by atoms with van der Waals surface area (Å²) in [7, 11) is 1.59. The minimum absolute atomic E-state index is 0.108. The van der Waals surface area contributed by atoms with E-state index in [4.69, 9.17) is 0 Å². The van der Waals surface area contributed by atoms with Crippen LogP contribution in [0.15, 0.2) is 53.4 Å². The van der Waals surface area contributed by atoms with Crippen molar-refractivity contribution in [3.63, 3.8) is 0 Å². The molecule has 2 N–H and O–H groups in total. The highest BCUT2D eigenvalue weighted by Crippen LogP contribution is 2.46. The van der Waals surface area contributed by atoms with Crippen molar-refractivity contribution in [2.75, 3.05) is 12.4 Å². The van der Waals surface area contributed by atoms with Gasteiger partial charge in [-0.2, -0.15) is 0 Å². The van der Waals surface area contributed by atoms with Gasteiger partial charge in [0.2, 0.25) is 0 Å². The molecule has 0 aliphatic carbocycles. The topological polar surface area (TPSA) is 39.5 Å². The van der Waals surface area contributed by atoms with Crippen LogP contribution in [0.3, 0.4) is 0 Å². The van der Waals surface area contributed by atoms with Gasteiger partial charge in [-0.3, -0.25) is 0 Å². The Hall–Kier alpha value is -1.49. The zero-order chi connectivity index (χ0) is 12.5. The Morgan fingerprint density at radius 2 is 1.83 bits per heavy atom. The van der Waals surface area contributed by atoms with Gasteiger partial charge in [0, 0.05) is 10.6 Å². The van der Waals surface area contributed by atoms with Gasteiger partial charge < -0.3 is 15.6 Å². The van der Waals surface area contributed by atoms with E-state index in [0.717, 1.165) is 5.69 Å². The van der Waals surface area contributed by atoms with Crippen LogP contribution < -0.4 is 10.4 Å². The fraction of sp³-hybridized carbons (Fsp3) is 0.143. The van der Waals surface area contributed by atoms with Gasteiger partial charge in [-0.15, -0.1) is 0 Å². The number of para-hydroxylation sites is 1. The molecule has 3 nitrogen and oxygen atoms in total. The van der Waals surface area contributed by atoms with E-state index in [1.807, 2.05) is 42.1 Å². The van der Waals surface area contributed by atoms with E-state index in [9.17, 15) is 5.21 Å². The average Bonchev–Trinajstić information content (AvgIpc) is 2.82. The summed E-state index contributed by atoms with van der Waals surface area (Å²) in [5.74, 6) is 0. The van der Waals surface area contributed by atoms with E-state index in [2.05, 4.69) is 23.5 Å². The predicted octanol–water partition coefficient (Wildman–Crippen LogP) is 2.55. The highest BCUT2D eigenvalue weighted by molar-refractivity contribution is 8.00. The number of thioether (sulfide) groups is 1. The molecule has 0 radical (unpaired) electrons. The van der Waals surface area contributed by atoms with Crippen LogP contribution in [0, 0.1) is 5.21 Å². The molecule has 3 rings (SSSR count). The molecule has 2 aromatic carbocycles. The fourth-order valence-electron chi connectivity index (χ4n) is 2.03. The van der Waals surface area contributed by atoms with Crippen LogP contribution in [-0.2, 0) is 0 Å². The molecule has 1 heterocycles. The molecule has 2 atom stereocenters. The summed E-state index contributed by atoms with van der Waals surface area (Å²) in [5.41, 5.74) is 3.14. The highest BCUT2D eigenvalue weighted by Gasteiger charge is 2.22. The maximum atomic E-state index is 11.2. The lowest BCUT2D eigenvalue weighted by atomic mass is 10.2. The number of hydrogen-bond donors (Lipinski definition) is 2. The Balaban J connectivity index is 1.82. The van der Waals surface area contributed by atoms with Crippen molar-refractivity contribution in [3.8, 4) is 0 Å². The first-order chi connectivity index (χ1) is 8.74. The standard InChI is InChI=1S/C14H14N2OS/c1-16(17)11-8-6-10(7-9-11)14-15-12-4-2-3-5-13(12)18-14/h2-9,14-16H,1H3. The Morgan fingerprint density at radius 1 is 1.11 bits per heavy atom. The first-order valence-corrected chi connectivity index (χ1v) is 6.75. The lowest BCUT2D eigenvalue weighted by Crippen LogP contribution is -2.98. The van der Waals surface area contributed by atoms with Gasteiger partial charge >= 0.3 is 0 Å². The number of anilines is 1. The summed E-state index contributed by atoms with van der Waals surface area (Å²) in [6.45, 7) is 0. The Labute approximate surface area is 110 Å². The van der Waals surface area contributed by atoms with Gasteiger partial charge in [-0.25, -0.2) is 0 Å². The third-order valence-electron chi connectivity index (χ3n) is 3.04. The van der Waals surface area contributed by atoms with E-state index in [1.54, 1.807) is 7.05 Å². The molecule has 0 fully saturated rings. The van der Waals surface area contributed by atoms with Crippen molar-refractivity contribution in [3.05, 3.63) is 59.3 Å². The zero-order valence-corrected chi connectivity index (χ0v) is 10.8. The summed E-state index contributed by atoms with van der Waals surface area (Å²) in [6.07, 6.45) is 0. The number of nitrogens with one attached hydrogen (secondary N) is 2. The first kappa shape index (κ1) is 11.6. The molecule has 1 aliphatic rings. The van der Waals surface area contributed by atoms with Crippen molar-refractivity contribution in [1.29, 1.82) is 0 Å². The van der Waals surface area contributed by atoms with Gasteiger partial charge in [-0.05, 0) is 29.8 Å². The molecular formula is C14H14N2OS. The zero-order valence-electron chi connectivity index (χ0n) is 10.0. The van der Waals surface area contributed by atoms with Gasteiger partial charge in [0.05, 0.1) is 7.05 Å². The van der Waals surface area contributed by atoms with Gasteiger partial charge in [0.15, 0.2) is 0 Å². The second-order valence-electron chi connectivity index (χ2n) is 4.32. The number of quaternary nitrogens is 1. The van der Waals surface area contributed by atoms with Crippen LogP contribution >= 0.6 is 11.8 Å². The molecule has 0 spiro atoms. The Kier molecular flexibility index (Phi) is 2.99. The molecule has 0 saturated heterocycles. The molecule has 2 aromatic rings. The second kappa shape index (κ2) is 4.65. The number of hydrogen-bond acceptors (Lipinski definition) is 3. The third kappa shape index (κ3) is 2.10. The first-order valence-electron chi connectivity index (χ1n) is 5.87. The lowest BCUT2D eigenvalue weighted by molar-refractivity contribution is -0.751. The van der Waals surface area contributed by atoms with Crippen molar-refractivity contribution in [1.82, 2.24) is 0 Å². The van der Waals surface area contributed by atoms with Crippen molar-refractivity contribution < 1.29 is 5.06 Å². The maximum absolute atomic E-state index is 11.2. The van der Waals surface area contributed by atoms with Crippen LogP contribution in [0.4, 0.5) is 11.4 Å². The SMILES string of the molecule is C[NH+]([O-])c1ccc(C2Nc3ccccc3S2)cc1. The van der Waals surface area contributed by atoms with Crippen molar-refractivity contribution in [2.24, 2.45) is 0 Å². The molecule has 0 amide bonds. The van der Waals surface area contributed by atoms with E-state index < -0.39 is 0 Å². The van der Waals surface area contributed by atoms with E-state index >= 15 is 0 Å². The van der Waals surface area contributed by atoms with Crippen LogP contribution in [0.25, 0.3) is 0 Å². The minimum atomic E-state index is 0.108. The molecular weight excluding hydrogens is 244 g/mol. The summed E-state index contributed by atoms with van der Waals surface area (Å²) >= 11 is 1.81. The number of fused-ring (bicyclic) bond motifs is 1. The average molecular weight is 258 g/mol. The summed E-state index contributed by atoms with van der Waals surface area (Å²) in [4.78, 5) is 1.28. The molecule has 92 valence electrons. The molecule has 18 heavy (non-hydrogen) atoms. The van der Waals surface area contributed by atoms with Gasteiger partial charge in [-0.1, -0.05) is 36.0 Å². The van der Waals surface area contributed by atoms with E-state index in [1.165, 1.54) is 16.1 Å². The minimum Gasteiger partial charge on any atom is -0.629 e. The lowest BCUT2D eigenvalue weighted by Gasteiger charge is -2.17. The monoisotopic (exact) mass is 258 g/mol. The van der Waals surface area contributed by atoms with Crippen LogP contribution in [0.5, 0.6) is 0 Å². The molecule has 4 heteroatoms. The van der Waals surface area contributed by atoms with Gasteiger partial charge in [0.1, 0.15) is 11.1 Å². The number of benzene rings is 2. The molecule has 0 saturated carbocycles.